The van der Waals surface area contributed by atoms with E-state index in [9.17, 15) is 14.4 Å². The van der Waals surface area contributed by atoms with Crippen LogP contribution in [0.2, 0.25) is 0 Å². The molecule has 32 heavy (non-hydrogen) atoms. The topological polar surface area (TPSA) is 69.7 Å². The van der Waals surface area contributed by atoms with Crippen molar-refractivity contribution in [1.82, 2.24) is 5.32 Å². The highest BCUT2D eigenvalue weighted by atomic mass is 16.2. The van der Waals surface area contributed by atoms with Crippen LogP contribution in [0.25, 0.3) is 6.08 Å². The van der Waals surface area contributed by atoms with Crippen LogP contribution in [0.1, 0.15) is 55.4 Å². The lowest BCUT2D eigenvalue weighted by molar-refractivity contribution is -0.122. The molecule has 2 aromatic rings. The normalized spacial score (nSPS) is 21.6. The number of nitrogens with one attached hydrogen (secondary N) is 1. The summed E-state index contributed by atoms with van der Waals surface area (Å²) in [6, 6.07) is 10.5. The summed E-state index contributed by atoms with van der Waals surface area (Å²) in [6.07, 6.45) is 2.61. The summed E-state index contributed by atoms with van der Waals surface area (Å²) >= 11 is 0. The number of carbonyl (C=O) groups is 3. The van der Waals surface area contributed by atoms with Gasteiger partial charge in [0.1, 0.15) is 5.57 Å². The SMILES string of the molecule is Cc1cccc(N2C(=O)NC(=O)/C(=C/c3cc4c(cc3C)N(C)C(C)(C)CC4C)C2=O)c1. The smallest absolute Gasteiger partial charge is 0.335 e. The number of rotatable bonds is 2. The van der Waals surface area contributed by atoms with Crippen LogP contribution in [0.5, 0.6) is 0 Å². The van der Waals surface area contributed by atoms with Crippen LogP contribution in [0.15, 0.2) is 42.0 Å². The summed E-state index contributed by atoms with van der Waals surface area (Å²) in [7, 11) is 2.10. The highest BCUT2D eigenvalue weighted by Gasteiger charge is 2.38. The summed E-state index contributed by atoms with van der Waals surface area (Å²) in [6.45, 7) is 10.5. The molecule has 6 heteroatoms. The van der Waals surface area contributed by atoms with Gasteiger partial charge in [-0.1, -0.05) is 19.1 Å². The molecular formula is C26H29N3O3. The Hall–Kier alpha value is -3.41. The van der Waals surface area contributed by atoms with E-state index in [4.69, 9.17) is 0 Å². The van der Waals surface area contributed by atoms with E-state index in [1.165, 1.54) is 11.3 Å². The van der Waals surface area contributed by atoms with Crippen molar-refractivity contribution in [2.45, 2.75) is 52.5 Å². The number of barbiturate groups is 1. The Morgan fingerprint density at radius 3 is 2.50 bits per heavy atom. The van der Waals surface area contributed by atoms with Gasteiger partial charge in [0.15, 0.2) is 0 Å². The van der Waals surface area contributed by atoms with Crippen LogP contribution in [-0.2, 0) is 9.59 Å². The van der Waals surface area contributed by atoms with Crippen molar-refractivity contribution in [2.24, 2.45) is 0 Å². The molecule has 1 atom stereocenters. The number of aryl methyl sites for hydroxylation is 2. The Labute approximate surface area is 188 Å². The van der Waals surface area contributed by atoms with Gasteiger partial charge < -0.3 is 4.90 Å². The Balaban J connectivity index is 1.78. The van der Waals surface area contributed by atoms with Gasteiger partial charge in [-0.25, -0.2) is 9.69 Å². The van der Waals surface area contributed by atoms with Crippen LogP contribution in [0, 0.1) is 13.8 Å². The van der Waals surface area contributed by atoms with Crippen molar-refractivity contribution in [3.63, 3.8) is 0 Å². The van der Waals surface area contributed by atoms with Crippen LogP contribution in [0.3, 0.4) is 0 Å². The number of imide groups is 2. The monoisotopic (exact) mass is 431 g/mol. The molecule has 4 amide bonds. The van der Waals surface area contributed by atoms with Crippen LogP contribution >= 0.6 is 0 Å². The lowest BCUT2D eigenvalue weighted by Crippen LogP contribution is -2.54. The van der Waals surface area contributed by atoms with Gasteiger partial charge in [-0.2, -0.15) is 0 Å². The van der Waals surface area contributed by atoms with E-state index in [0.717, 1.165) is 28.0 Å². The standard InChI is InChI=1S/C26H29N3O3/c1-15-8-7-9-19(10-15)29-24(31)21(23(30)27-25(29)32)13-18-12-20-17(3)14-26(4,5)28(6)22(20)11-16(18)2/h7-13,17H,14H2,1-6H3,(H,27,30,32)/b21-13-. The van der Waals surface area contributed by atoms with Gasteiger partial charge in [0.2, 0.25) is 0 Å². The fourth-order valence-electron chi connectivity index (χ4n) is 4.70. The molecule has 1 saturated heterocycles. The molecule has 0 spiro atoms. The fourth-order valence-corrected chi connectivity index (χ4v) is 4.70. The van der Waals surface area contributed by atoms with E-state index >= 15 is 0 Å². The van der Waals surface area contributed by atoms with Gasteiger partial charge in [0.05, 0.1) is 5.69 Å². The number of benzene rings is 2. The minimum atomic E-state index is -0.734. The van der Waals surface area contributed by atoms with Crippen molar-refractivity contribution >= 4 is 35.3 Å². The molecule has 2 aromatic carbocycles. The molecule has 0 saturated carbocycles. The van der Waals surface area contributed by atoms with Gasteiger partial charge >= 0.3 is 6.03 Å². The highest BCUT2D eigenvalue weighted by Crippen LogP contribution is 2.43. The molecule has 4 rings (SSSR count). The molecule has 2 aliphatic rings. The average Bonchev–Trinajstić information content (AvgIpc) is 2.69. The van der Waals surface area contributed by atoms with Crippen LogP contribution < -0.4 is 15.1 Å². The first kappa shape index (κ1) is 21.8. The zero-order valence-electron chi connectivity index (χ0n) is 19.4. The van der Waals surface area contributed by atoms with E-state index in [1.807, 2.05) is 19.9 Å². The molecule has 0 aliphatic carbocycles. The first-order valence-electron chi connectivity index (χ1n) is 10.9. The van der Waals surface area contributed by atoms with Crippen molar-refractivity contribution < 1.29 is 14.4 Å². The lowest BCUT2D eigenvalue weighted by Gasteiger charge is -2.45. The number of urea groups is 1. The molecule has 166 valence electrons. The summed E-state index contributed by atoms with van der Waals surface area (Å²) < 4.78 is 0. The van der Waals surface area contributed by atoms with Crippen LogP contribution in [0.4, 0.5) is 16.2 Å². The van der Waals surface area contributed by atoms with Crippen LogP contribution in [-0.4, -0.2) is 30.4 Å². The summed E-state index contributed by atoms with van der Waals surface area (Å²) in [5.74, 6) is -0.949. The molecule has 1 unspecified atom stereocenters. The zero-order chi connectivity index (χ0) is 23.4. The fraction of sp³-hybridized carbons (Fsp3) is 0.346. The summed E-state index contributed by atoms with van der Waals surface area (Å²) in [4.78, 5) is 41.6. The number of fused-ring (bicyclic) bond motifs is 1. The number of carbonyl (C=O) groups excluding carboxylic acids is 3. The number of hydrogen-bond donors (Lipinski definition) is 1. The third kappa shape index (κ3) is 3.60. The quantitative estimate of drug-likeness (QED) is 0.553. The van der Waals surface area contributed by atoms with E-state index < -0.39 is 17.8 Å². The molecule has 0 aromatic heterocycles. The number of anilines is 2. The molecule has 0 bridgehead atoms. The second-order valence-corrected chi connectivity index (χ2v) is 9.54. The third-order valence-corrected chi connectivity index (χ3v) is 6.68. The van der Waals surface area contributed by atoms with Crippen molar-refractivity contribution in [2.75, 3.05) is 16.8 Å². The van der Waals surface area contributed by atoms with Crippen molar-refractivity contribution in [3.8, 4) is 0 Å². The van der Waals surface area contributed by atoms with Gasteiger partial charge in [0, 0.05) is 18.3 Å². The van der Waals surface area contributed by atoms with E-state index in [-0.39, 0.29) is 11.1 Å². The summed E-state index contributed by atoms with van der Waals surface area (Å²) in [5, 5.41) is 2.31. The van der Waals surface area contributed by atoms with E-state index in [2.05, 4.69) is 50.2 Å². The highest BCUT2D eigenvalue weighted by molar-refractivity contribution is 6.39. The largest absolute Gasteiger partial charge is 0.369 e. The summed E-state index contributed by atoms with van der Waals surface area (Å²) in [5.41, 5.74) is 5.48. The van der Waals surface area contributed by atoms with Crippen molar-refractivity contribution in [3.05, 3.63) is 64.2 Å². The maximum absolute atomic E-state index is 13.2. The maximum Gasteiger partial charge on any atom is 0.335 e. The third-order valence-electron chi connectivity index (χ3n) is 6.68. The van der Waals surface area contributed by atoms with Gasteiger partial charge in [-0.3, -0.25) is 14.9 Å². The number of nitrogens with zero attached hydrogens (tertiary/aromatic N) is 2. The molecule has 2 heterocycles. The Morgan fingerprint density at radius 2 is 1.81 bits per heavy atom. The molecule has 1 N–H and O–H groups in total. The predicted octanol–water partition coefficient (Wildman–Crippen LogP) is 4.69. The zero-order valence-corrected chi connectivity index (χ0v) is 19.4. The maximum atomic E-state index is 13.2. The molecule has 6 nitrogen and oxygen atoms in total. The van der Waals surface area contributed by atoms with E-state index in [1.54, 1.807) is 24.3 Å². The minimum Gasteiger partial charge on any atom is -0.369 e. The Kier molecular flexibility index (Phi) is 5.19. The van der Waals surface area contributed by atoms with Gasteiger partial charge in [-0.05, 0) is 92.6 Å². The second-order valence-electron chi connectivity index (χ2n) is 9.54. The first-order chi connectivity index (χ1) is 15.0. The molecule has 0 radical (unpaired) electrons. The predicted molar refractivity (Wildman–Crippen MR) is 127 cm³/mol. The Bertz CT molecular complexity index is 1180. The first-order valence-corrected chi connectivity index (χ1v) is 10.9. The molecule has 1 fully saturated rings. The molecule has 2 aliphatic heterocycles. The van der Waals surface area contributed by atoms with E-state index in [0.29, 0.717) is 11.6 Å². The van der Waals surface area contributed by atoms with Crippen molar-refractivity contribution in [1.29, 1.82) is 0 Å². The lowest BCUT2D eigenvalue weighted by atomic mass is 9.79. The van der Waals surface area contributed by atoms with Gasteiger partial charge in [-0.15, -0.1) is 0 Å². The average molecular weight is 432 g/mol. The number of hydrogen-bond acceptors (Lipinski definition) is 4. The molecular weight excluding hydrogens is 402 g/mol. The van der Waals surface area contributed by atoms with Gasteiger partial charge in [0.25, 0.3) is 11.8 Å². The number of amides is 4. The minimum absolute atomic E-state index is 0.0484. The second kappa shape index (κ2) is 7.62. The Morgan fingerprint density at radius 1 is 1.09 bits per heavy atom.